The fourth-order valence-electron chi connectivity index (χ4n) is 4.81. The van der Waals surface area contributed by atoms with Gasteiger partial charge in [0.1, 0.15) is 11.9 Å². The highest BCUT2D eigenvalue weighted by Gasteiger charge is 2.48. The first-order valence-corrected chi connectivity index (χ1v) is 11.9. The second-order valence-electron chi connectivity index (χ2n) is 9.45. The molecule has 1 saturated carbocycles. The summed E-state index contributed by atoms with van der Waals surface area (Å²) < 4.78 is 6.38. The lowest BCUT2D eigenvalue weighted by atomic mass is 9.86. The van der Waals surface area contributed by atoms with Crippen LogP contribution in [0.25, 0.3) is 0 Å². The Hall–Kier alpha value is -1.80. The smallest absolute Gasteiger partial charge is 0.126 e. The van der Waals surface area contributed by atoms with Gasteiger partial charge in [0, 0.05) is 36.3 Å². The van der Waals surface area contributed by atoms with E-state index in [0.717, 1.165) is 31.6 Å². The number of nitrogens with one attached hydrogen (secondary N) is 1. The number of hydrogen-bond donors (Lipinski definition) is 3. The number of fused-ring (bicyclic) bond motifs is 3. The molecule has 31 heavy (non-hydrogen) atoms. The molecule has 1 fully saturated rings. The molecule has 170 valence electrons. The molecule has 1 aromatic rings. The minimum atomic E-state index is -0.556. The van der Waals surface area contributed by atoms with Crippen LogP contribution in [0.15, 0.2) is 30.4 Å². The van der Waals surface area contributed by atoms with E-state index in [0.29, 0.717) is 18.9 Å². The molecule has 0 amide bonds. The Morgan fingerprint density at radius 2 is 2.06 bits per heavy atom. The topological polar surface area (TPSA) is 61.7 Å². The third kappa shape index (κ3) is 5.92. The Kier molecular flexibility index (Phi) is 8.60. The van der Waals surface area contributed by atoms with Crippen molar-refractivity contribution in [3.05, 3.63) is 41.5 Å². The third-order valence-corrected chi connectivity index (χ3v) is 6.63. The number of aliphatic hydroxyl groups excluding tert-OH is 2. The molecule has 0 unspecified atom stereocenters. The van der Waals surface area contributed by atoms with Gasteiger partial charge in [-0.2, -0.15) is 0 Å². The lowest BCUT2D eigenvalue weighted by Crippen LogP contribution is -2.23. The summed E-state index contributed by atoms with van der Waals surface area (Å²) in [5.41, 5.74) is 2.49. The molecule has 4 heteroatoms. The maximum Gasteiger partial charge on any atom is 0.126 e. The molecule has 0 spiro atoms. The summed E-state index contributed by atoms with van der Waals surface area (Å²) in [5, 5.41) is 24.6. The normalized spacial score (nSPS) is 26.3. The van der Waals surface area contributed by atoms with E-state index in [1.54, 1.807) is 0 Å². The van der Waals surface area contributed by atoms with Gasteiger partial charge in [-0.05, 0) is 44.2 Å². The number of hydrogen-bond acceptors (Lipinski definition) is 4. The van der Waals surface area contributed by atoms with Crippen LogP contribution < -0.4 is 10.1 Å². The van der Waals surface area contributed by atoms with Crippen molar-refractivity contribution in [2.24, 2.45) is 11.8 Å². The second-order valence-corrected chi connectivity index (χ2v) is 9.45. The van der Waals surface area contributed by atoms with Crippen LogP contribution in [0.4, 0.5) is 0 Å². The van der Waals surface area contributed by atoms with E-state index < -0.39 is 12.2 Å². The molecule has 1 aliphatic carbocycles. The van der Waals surface area contributed by atoms with Crippen LogP contribution in [0.3, 0.4) is 0 Å². The number of ether oxygens (including phenoxy) is 1. The Morgan fingerprint density at radius 3 is 2.81 bits per heavy atom. The van der Waals surface area contributed by atoms with Crippen molar-refractivity contribution in [1.29, 1.82) is 0 Å². The standard InChI is InChI=1S/C27H39NO3/c1-5-6-10-19(4)23(29)15-14-21-24(30)17-25-26(21)22-13-9-12-20(27(22)31-25)11-7-8-16-28-18(2)3/h9,12-15,18-19,21,23-26,28-30H,7-8,10-11,16-17H2,1-4H3/b15-14+/t19-,21-,23+,24+,25-,26-/m0/s1. The molecule has 1 aliphatic heterocycles. The van der Waals surface area contributed by atoms with Crippen molar-refractivity contribution in [1.82, 2.24) is 5.32 Å². The van der Waals surface area contributed by atoms with Crippen LogP contribution in [-0.2, 0) is 6.42 Å². The van der Waals surface area contributed by atoms with Gasteiger partial charge in [0.15, 0.2) is 0 Å². The van der Waals surface area contributed by atoms with Crippen LogP contribution in [-0.4, -0.2) is 41.1 Å². The summed E-state index contributed by atoms with van der Waals surface area (Å²) >= 11 is 0. The van der Waals surface area contributed by atoms with E-state index in [4.69, 9.17) is 4.74 Å². The molecular formula is C27H39NO3. The average Bonchev–Trinajstić information content (AvgIpc) is 3.24. The quantitative estimate of drug-likeness (QED) is 0.299. The predicted molar refractivity (Wildman–Crippen MR) is 126 cm³/mol. The van der Waals surface area contributed by atoms with E-state index in [9.17, 15) is 10.2 Å². The van der Waals surface area contributed by atoms with E-state index in [1.807, 2.05) is 26.0 Å². The molecule has 1 aromatic carbocycles. The molecule has 0 bridgehead atoms. The molecule has 0 radical (unpaired) electrons. The summed E-state index contributed by atoms with van der Waals surface area (Å²) in [7, 11) is 0. The SMILES string of the molecule is CC#CC[C@H](C)[C@H](O)/C=C/[C@@H]1[C@H]2c3cccc(CCCCNC(C)C)c3O[C@H]2C[C@H]1O. The number of rotatable bonds is 10. The molecule has 6 atom stereocenters. The summed E-state index contributed by atoms with van der Waals surface area (Å²) in [6.45, 7) is 9.22. The zero-order chi connectivity index (χ0) is 22.4. The first-order chi connectivity index (χ1) is 14.9. The van der Waals surface area contributed by atoms with Gasteiger partial charge in [-0.25, -0.2) is 0 Å². The van der Waals surface area contributed by atoms with E-state index in [1.165, 1.54) is 11.1 Å². The second kappa shape index (κ2) is 11.2. The number of aliphatic hydroxyl groups is 2. The summed E-state index contributed by atoms with van der Waals surface area (Å²) in [6, 6.07) is 6.98. The van der Waals surface area contributed by atoms with Gasteiger partial charge >= 0.3 is 0 Å². The summed E-state index contributed by atoms with van der Waals surface area (Å²) in [6.07, 6.45) is 7.48. The monoisotopic (exact) mass is 425 g/mol. The largest absolute Gasteiger partial charge is 0.489 e. The highest BCUT2D eigenvalue weighted by Crippen LogP contribution is 2.52. The molecular weight excluding hydrogens is 386 g/mol. The van der Waals surface area contributed by atoms with Gasteiger partial charge in [0.2, 0.25) is 0 Å². The van der Waals surface area contributed by atoms with Gasteiger partial charge in [-0.3, -0.25) is 0 Å². The Balaban J connectivity index is 1.67. The Labute approximate surface area is 188 Å². The van der Waals surface area contributed by atoms with Crippen LogP contribution >= 0.6 is 0 Å². The zero-order valence-electron chi connectivity index (χ0n) is 19.5. The van der Waals surface area contributed by atoms with Crippen LogP contribution in [0, 0.1) is 23.7 Å². The first kappa shape index (κ1) is 23.9. The number of unbranched alkanes of at least 4 members (excludes halogenated alkanes) is 1. The van der Waals surface area contributed by atoms with Crippen molar-refractivity contribution in [2.75, 3.05) is 6.54 Å². The number of benzene rings is 1. The van der Waals surface area contributed by atoms with E-state index in [-0.39, 0.29) is 23.9 Å². The lowest BCUT2D eigenvalue weighted by molar-refractivity contribution is 0.134. The molecule has 3 N–H and O–H groups in total. The zero-order valence-corrected chi connectivity index (χ0v) is 19.5. The molecule has 0 aromatic heterocycles. The fraction of sp³-hybridized carbons (Fsp3) is 0.630. The summed E-state index contributed by atoms with van der Waals surface area (Å²) in [5.74, 6) is 7.15. The maximum atomic E-state index is 10.7. The van der Waals surface area contributed by atoms with Crippen LogP contribution in [0.1, 0.15) is 70.4 Å². The van der Waals surface area contributed by atoms with E-state index >= 15 is 0 Å². The fourth-order valence-corrected chi connectivity index (χ4v) is 4.81. The Morgan fingerprint density at radius 1 is 1.26 bits per heavy atom. The van der Waals surface area contributed by atoms with Gasteiger partial charge in [0.05, 0.1) is 12.2 Å². The lowest BCUT2D eigenvalue weighted by Gasteiger charge is -2.19. The van der Waals surface area contributed by atoms with Crippen molar-refractivity contribution in [3.63, 3.8) is 0 Å². The molecule has 1 heterocycles. The third-order valence-electron chi connectivity index (χ3n) is 6.63. The highest BCUT2D eigenvalue weighted by molar-refractivity contribution is 5.49. The highest BCUT2D eigenvalue weighted by atomic mass is 16.5. The number of para-hydroxylation sites is 1. The van der Waals surface area contributed by atoms with Crippen LogP contribution in [0.2, 0.25) is 0 Å². The van der Waals surface area contributed by atoms with Crippen molar-refractivity contribution in [3.8, 4) is 17.6 Å². The maximum absolute atomic E-state index is 10.7. The molecule has 4 nitrogen and oxygen atoms in total. The predicted octanol–water partition coefficient (Wildman–Crippen LogP) is 4.20. The number of aryl methyl sites for hydroxylation is 1. The van der Waals surface area contributed by atoms with Crippen molar-refractivity contribution in [2.45, 2.75) is 90.1 Å². The van der Waals surface area contributed by atoms with Gasteiger partial charge in [-0.1, -0.05) is 51.1 Å². The van der Waals surface area contributed by atoms with Crippen LogP contribution in [0.5, 0.6) is 5.75 Å². The molecule has 0 saturated heterocycles. The molecule has 3 rings (SSSR count). The molecule has 2 aliphatic rings. The van der Waals surface area contributed by atoms with Gasteiger partial charge < -0.3 is 20.3 Å². The average molecular weight is 426 g/mol. The minimum absolute atomic E-state index is 0.0175. The van der Waals surface area contributed by atoms with Crippen molar-refractivity contribution < 1.29 is 14.9 Å². The van der Waals surface area contributed by atoms with Gasteiger partial charge in [0.25, 0.3) is 0 Å². The Bertz CT molecular complexity index is 806. The minimum Gasteiger partial charge on any atom is -0.489 e. The first-order valence-electron chi connectivity index (χ1n) is 11.9. The van der Waals surface area contributed by atoms with Crippen molar-refractivity contribution >= 4 is 0 Å². The van der Waals surface area contributed by atoms with Gasteiger partial charge in [-0.15, -0.1) is 11.8 Å². The van der Waals surface area contributed by atoms with E-state index in [2.05, 4.69) is 49.2 Å². The summed E-state index contributed by atoms with van der Waals surface area (Å²) in [4.78, 5) is 0.